The van der Waals surface area contributed by atoms with Crippen molar-refractivity contribution in [3.05, 3.63) is 0 Å². The molecule has 1 atom stereocenters. The largest absolute Gasteiger partial charge is 0.466 e. The summed E-state index contributed by atoms with van der Waals surface area (Å²) in [5.74, 6) is -1.04. The van der Waals surface area contributed by atoms with Crippen LogP contribution in [-0.4, -0.2) is 25.2 Å². The molecule has 0 aliphatic rings. The van der Waals surface area contributed by atoms with Crippen molar-refractivity contribution in [1.29, 1.82) is 0 Å². The van der Waals surface area contributed by atoms with Gasteiger partial charge in [0.1, 0.15) is 0 Å². The number of carbonyl (C=O) groups is 2. The molecular formula is C13H24O4. The summed E-state index contributed by atoms with van der Waals surface area (Å²) < 4.78 is 10.0. The highest BCUT2D eigenvalue weighted by molar-refractivity contribution is 5.79. The van der Waals surface area contributed by atoms with Gasteiger partial charge in [0.25, 0.3) is 0 Å². The van der Waals surface area contributed by atoms with Crippen molar-refractivity contribution in [3.63, 3.8) is 0 Å². The van der Waals surface area contributed by atoms with E-state index in [2.05, 4.69) is 0 Å². The quantitative estimate of drug-likeness (QED) is 0.674. The summed E-state index contributed by atoms with van der Waals surface area (Å²) in [5, 5.41) is 0. The second kappa shape index (κ2) is 7.30. The molecule has 17 heavy (non-hydrogen) atoms. The van der Waals surface area contributed by atoms with Crippen LogP contribution in [0, 0.1) is 11.3 Å². The molecule has 0 saturated carbocycles. The average Bonchev–Trinajstić information content (AvgIpc) is 2.22. The fourth-order valence-corrected chi connectivity index (χ4v) is 1.22. The second-order valence-corrected chi connectivity index (χ2v) is 5.28. The number of rotatable bonds is 6. The van der Waals surface area contributed by atoms with Crippen molar-refractivity contribution in [2.24, 2.45) is 11.3 Å². The van der Waals surface area contributed by atoms with Gasteiger partial charge in [0.05, 0.1) is 25.6 Å². The second-order valence-electron chi connectivity index (χ2n) is 5.28. The van der Waals surface area contributed by atoms with Crippen LogP contribution in [0.15, 0.2) is 0 Å². The first-order valence-electron chi connectivity index (χ1n) is 6.12. The monoisotopic (exact) mass is 244 g/mol. The smallest absolute Gasteiger partial charge is 0.309 e. The summed E-state index contributed by atoms with van der Waals surface area (Å²) in [6.45, 7) is 10.3. The molecule has 0 aliphatic heterocycles. The van der Waals surface area contributed by atoms with E-state index in [1.807, 2.05) is 27.7 Å². The Morgan fingerprint density at radius 2 is 1.71 bits per heavy atom. The Bertz CT molecular complexity index is 253. The zero-order valence-electron chi connectivity index (χ0n) is 11.5. The molecule has 0 N–H and O–H groups in total. The topological polar surface area (TPSA) is 52.6 Å². The third kappa shape index (κ3) is 7.77. The van der Waals surface area contributed by atoms with Gasteiger partial charge in [-0.1, -0.05) is 27.7 Å². The molecule has 0 amide bonds. The van der Waals surface area contributed by atoms with Gasteiger partial charge in [-0.3, -0.25) is 9.59 Å². The molecule has 0 fully saturated rings. The zero-order valence-corrected chi connectivity index (χ0v) is 11.5. The van der Waals surface area contributed by atoms with E-state index < -0.39 is 5.92 Å². The Morgan fingerprint density at radius 1 is 1.12 bits per heavy atom. The van der Waals surface area contributed by atoms with E-state index in [9.17, 15) is 9.59 Å². The van der Waals surface area contributed by atoms with Gasteiger partial charge in [-0.05, 0) is 18.8 Å². The first kappa shape index (κ1) is 15.9. The molecule has 0 heterocycles. The standard InChI is InChI=1S/C13H24O4/c1-6-10(8-11(14)16-7-2)12(15)17-9-13(3,4)5/h10H,6-9H2,1-5H3. The minimum atomic E-state index is -0.392. The lowest BCUT2D eigenvalue weighted by Gasteiger charge is -2.20. The van der Waals surface area contributed by atoms with Gasteiger partial charge in [0.2, 0.25) is 0 Å². The maximum atomic E-state index is 11.7. The first-order valence-corrected chi connectivity index (χ1v) is 6.12. The third-order valence-electron chi connectivity index (χ3n) is 2.19. The Hall–Kier alpha value is -1.06. The summed E-state index contributed by atoms with van der Waals surface area (Å²) >= 11 is 0. The highest BCUT2D eigenvalue weighted by atomic mass is 16.5. The summed E-state index contributed by atoms with van der Waals surface area (Å²) in [7, 11) is 0. The fourth-order valence-electron chi connectivity index (χ4n) is 1.22. The SMILES string of the molecule is CCOC(=O)CC(CC)C(=O)OCC(C)(C)C. The highest BCUT2D eigenvalue weighted by Crippen LogP contribution is 2.17. The zero-order chi connectivity index (χ0) is 13.5. The highest BCUT2D eigenvalue weighted by Gasteiger charge is 2.24. The number of esters is 2. The average molecular weight is 244 g/mol. The molecule has 0 spiro atoms. The number of hydrogen-bond donors (Lipinski definition) is 0. The van der Waals surface area contributed by atoms with Crippen LogP contribution in [0.3, 0.4) is 0 Å². The maximum Gasteiger partial charge on any atom is 0.309 e. The fraction of sp³-hybridized carbons (Fsp3) is 0.846. The predicted molar refractivity (Wildman–Crippen MR) is 65.4 cm³/mol. The van der Waals surface area contributed by atoms with Crippen LogP contribution in [0.25, 0.3) is 0 Å². The van der Waals surface area contributed by atoms with Crippen molar-refractivity contribution in [2.75, 3.05) is 13.2 Å². The molecule has 100 valence electrons. The van der Waals surface area contributed by atoms with E-state index in [1.165, 1.54) is 0 Å². The van der Waals surface area contributed by atoms with E-state index in [1.54, 1.807) is 6.92 Å². The van der Waals surface area contributed by atoms with Crippen molar-refractivity contribution in [2.45, 2.75) is 47.5 Å². The van der Waals surface area contributed by atoms with Gasteiger partial charge in [-0.25, -0.2) is 0 Å². The van der Waals surface area contributed by atoms with Gasteiger partial charge in [0, 0.05) is 0 Å². The molecule has 4 nitrogen and oxygen atoms in total. The Labute approximate surface area is 104 Å². The van der Waals surface area contributed by atoms with E-state index >= 15 is 0 Å². The molecule has 1 unspecified atom stereocenters. The maximum absolute atomic E-state index is 11.7. The van der Waals surface area contributed by atoms with Crippen molar-refractivity contribution >= 4 is 11.9 Å². The lowest BCUT2D eigenvalue weighted by Crippen LogP contribution is -2.25. The van der Waals surface area contributed by atoms with E-state index in [4.69, 9.17) is 9.47 Å². The molecule has 0 saturated heterocycles. The van der Waals surface area contributed by atoms with Crippen LogP contribution in [0.1, 0.15) is 47.5 Å². The van der Waals surface area contributed by atoms with Crippen LogP contribution in [0.5, 0.6) is 0 Å². The molecule has 0 radical (unpaired) electrons. The van der Waals surface area contributed by atoms with E-state index in [-0.39, 0.29) is 23.8 Å². The Kier molecular flexibility index (Phi) is 6.85. The normalized spacial score (nSPS) is 13.0. The molecule has 0 aliphatic carbocycles. The third-order valence-corrected chi connectivity index (χ3v) is 2.19. The molecular weight excluding hydrogens is 220 g/mol. The summed E-state index contributed by atoms with van der Waals surface area (Å²) in [6.07, 6.45) is 0.690. The number of ether oxygens (including phenoxy) is 2. The van der Waals surface area contributed by atoms with Crippen molar-refractivity contribution in [3.8, 4) is 0 Å². The lowest BCUT2D eigenvalue weighted by atomic mass is 9.98. The number of carbonyl (C=O) groups excluding carboxylic acids is 2. The minimum absolute atomic E-state index is 0.0577. The van der Waals surface area contributed by atoms with Crippen LogP contribution < -0.4 is 0 Å². The molecule has 4 heteroatoms. The van der Waals surface area contributed by atoms with Gasteiger partial charge in [0.15, 0.2) is 0 Å². The van der Waals surface area contributed by atoms with E-state index in [0.29, 0.717) is 19.6 Å². The van der Waals surface area contributed by atoms with Crippen LogP contribution >= 0.6 is 0 Å². The van der Waals surface area contributed by atoms with Gasteiger partial charge in [-0.2, -0.15) is 0 Å². The Morgan fingerprint density at radius 3 is 2.12 bits per heavy atom. The van der Waals surface area contributed by atoms with Crippen LogP contribution in [0.4, 0.5) is 0 Å². The molecule has 0 aromatic rings. The minimum Gasteiger partial charge on any atom is -0.466 e. The molecule has 0 aromatic carbocycles. The van der Waals surface area contributed by atoms with Gasteiger partial charge < -0.3 is 9.47 Å². The van der Waals surface area contributed by atoms with Gasteiger partial charge >= 0.3 is 11.9 Å². The first-order chi connectivity index (χ1) is 7.80. The molecule has 0 bridgehead atoms. The van der Waals surface area contributed by atoms with Gasteiger partial charge in [-0.15, -0.1) is 0 Å². The Balaban J connectivity index is 4.17. The lowest BCUT2D eigenvalue weighted by molar-refractivity contribution is -0.157. The summed E-state index contributed by atoms with van der Waals surface area (Å²) in [6, 6.07) is 0. The summed E-state index contributed by atoms with van der Waals surface area (Å²) in [5.41, 5.74) is -0.0577. The van der Waals surface area contributed by atoms with Crippen LogP contribution in [0.2, 0.25) is 0 Å². The van der Waals surface area contributed by atoms with Crippen molar-refractivity contribution < 1.29 is 19.1 Å². The summed E-state index contributed by atoms with van der Waals surface area (Å²) in [4.78, 5) is 23.0. The molecule has 0 aromatic heterocycles. The van der Waals surface area contributed by atoms with Crippen molar-refractivity contribution in [1.82, 2.24) is 0 Å². The van der Waals surface area contributed by atoms with E-state index in [0.717, 1.165) is 0 Å². The number of hydrogen-bond acceptors (Lipinski definition) is 4. The molecule has 0 rings (SSSR count). The predicted octanol–water partition coefficient (Wildman–Crippen LogP) is 2.56. The van der Waals surface area contributed by atoms with Crippen LogP contribution in [-0.2, 0) is 19.1 Å².